The molecule has 1 N–H and O–H groups in total. The van der Waals surface area contributed by atoms with E-state index in [0.717, 1.165) is 36.8 Å². The minimum atomic E-state index is -0.937. The number of phenols is 1. The number of likely N-dealkylation sites (tertiary alicyclic amines) is 1. The van der Waals surface area contributed by atoms with Crippen LogP contribution in [0.5, 0.6) is 23.0 Å². The quantitative estimate of drug-likeness (QED) is 0.278. The van der Waals surface area contributed by atoms with E-state index in [9.17, 15) is 13.9 Å². The fourth-order valence-electron chi connectivity index (χ4n) is 4.52. The van der Waals surface area contributed by atoms with Crippen molar-refractivity contribution in [3.8, 4) is 34.1 Å². The van der Waals surface area contributed by atoms with Crippen molar-refractivity contribution < 1.29 is 23.4 Å². The highest BCUT2D eigenvalue weighted by atomic mass is 35.5. The molecule has 4 nitrogen and oxygen atoms in total. The molecule has 1 aliphatic rings. The van der Waals surface area contributed by atoms with Gasteiger partial charge in [0.15, 0.2) is 11.6 Å². The van der Waals surface area contributed by atoms with Gasteiger partial charge in [0.2, 0.25) is 0 Å². The first-order valence-electron chi connectivity index (χ1n) is 11.9. The number of halogens is 3. The summed E-state index contributed by atoms with van der Waals surface area (Å²) in [6.07, 6.45) is 3.81. The summed E-state index contributed by atoms with van der Waals surface area (Å²) in [6.45, 7) is 3.79. The van der Waals surface area contributed by atoms with Crippen LogP contribution < -0.4 is 9.47 Å². The molecule has 7 heteroatoms. The molecule has 1 heterocycles. The highest BCUT2D eigenvalue weighted by Crippen LogP contribution is 2.41. The molecule has 0 unspecified atom stereocenters. The van der Waals surface area contributed by atoms with Crippen molar-refractivity contribution >= 4 is 23.2 Å². The number of hydrogen-bond donors (Lipinski definition) is 1. The van der Waals surface area contributed by atoms with E-state index in [1.807, 2.05) is 12.1 Å². The van der Waals surface area contributed by atoms with E-state index in [-0.39, 0.29) is 23.7 Å². The highest BCUT2D eigenvalue weighted by Gasteiger charge is 2.18. The third-order valence-electron chi connectivity index (χ3n) is 6.36. The summed E-state index contributed by atoms with van der Waals surface area (Å²) >= 11 is 0. The standard InChI is InChI=1S/C29H27F2NO3.ClH/c30-27-6-4-5-25(28(27)31)26-13-7-20-19-21(33)8-14-24(20)29(26)35-23-11-9-22(10-12-23)34-18-17-32-15-2-1-3-16-32;/h4-14,19,33H,1-3,15-18H2;1H. The number of rotatable bonds is 7. The van der Waals surface area contributed by atoms with Gasteiger partial charge in [0.05, 0.1) is 0 Å². The Morgan fingerprint density at radius 3 is 2.33 bits per heavy atom. The first-order chi connectivity index (χ1) is 17.1. The Morgan fingerprint density at radius 2 is 1.56 bits per heavy atom. The van der Waals surface area contributed by atoms with Gasteiger partial charge < -0.3 is 14.6 Å². The second-order valence-corrected chi connectivity index (χ2v) is 8.77. The van der Waals surface area contributed by atoms with Gasteiger partial charge in [-0.05, 0) is 85.9 Å². The number of hydrogen-bond acceptors (Lipinski definition) is 4. The Hall–Kier alpha value is -3.35. The summed E-state index contributed by atoms with van der Waals surface area (Å²) in [5.41, 5.74) is 0.523. The van der Waals surface area contributed by atoms with E-state index in [1.54, 1.807) is 42.5 Å². The van der Waals surface area contributed by atoms with Crippen molar-refractivity contribution in [1.29, 1.82) is 0 Å². The molecule has 0 aliphatic carbocycles. The summed E-state index contributed by atoms with van der Waals surface area (Å²) in [5, 5.41) is 11.3. The molecule has 0 spiro atoms. The molecule has 0 aromatic heterocycles. The molecule has 0 amide bonds. The van der Waals surface area contributed by atoms with E-state index < -0.39 is 11.6 Å². The van der Waals surface area contributed by atoms with Crippen LogP contribution in [0, 0.1) is 11.6 Å². The predicted molar refractivity (Wildman–Crippen MR) is 141 cm³/mol. The van der Waals surface area contributed by atoms with Crippen LogP contribution in [0.2, 0.25) is 0 Å². The maximum absolute atomic E-state index is 14.7. The fraction of sp³-hybridized carbons (Fsp3) is 0.241. The smallest absolute Gasteiger partial charge is 0.166 e. The van der Waals surface area contributed by atoms with E-state index in [4.69, 9.17) is 9.47 Å². The lowest BCUT2D eigenvalue weighted by atomic mass is 9.98. The fourth-order valence-corrected chi connectivity index (χ4v) is 4.52. The lowest BCUT2D eigenvalue weighted by Crippen LogP contribution is -2.33. The molecule has 5 rings (SSSR count). The summed E-state index contributed by atoms with van der Waals surface area (Å²) in [6, 6.07) is 19.6. The zero-order valence-corrected chi connectivity index (χ0v) is 20.6. The third-order valence-corrected chi connectivity index (χ3v) is 6.36. The lowest BCUT2D eigenvalue weighted by Gasteiger charge is -2.26. The lowest BCUT2D eigenvalue weighted by molar-refractivity contribution is 0.183. The second kappa shape index (κ2) is 11.6. The molecule has 0 bridgehead atoms. The monoisotopic (exact) mass is 511 g/mol. The summed E-state index contributed by atoms with van der Waals surface area (Å²) in [7, 11) is 0. The van der Waals surface area contributed by atoms with E-state index in [0.29, 0.717) is 29.1 Å². The molecule has 36 heavy (non-hydrogen) atoms. The molecule has 1 aliphatic heterocycles. The van der Waals surface area contributed by atoms with Crippen LogP contribution in [-0.2, 0) is 0 Å². The van der Waals surface area contributed by atoms with Crippen LogP contribution in [0.4, 0.5) is 8.78 Å². The summed E-state index contributed by atoms with van der Waals surface area (Å²) in [5.74, 6) is -0.0937. The Morgan fingerprint density at radius 1 is 0.806 bits per heavy atom. The van der Waals surface area contributed by atoms with Gasteiger partial charge in [-0.2, -0.15) is 0 Å². The van der Waals surface area contributed by atoms with Gasteiger partial charge in [-0.1, -0.05) is 24.6 Å². The van der Waals surface area contributed by atoms with Gasteiger partial charge in [-0.3, -0.25) is 4.90 Å². The maximum Gasteiger partial charge on any atom is 0.166 e. The molecular formula is C29H28ClF2NO3. The minimum absolute atomic E-state index is 0. The highest BCUT2D eigenvalue weighted by molar-refractivity contribution is 5.96. The van der Waals surface area contributed by atoms with Crippen molar-refractivity contribution in [2.75, 3.05) is 26.2 Å². The Labute approximate surface area is 215 Å². The van der Waals surface area contributed by atoms with Gasteiger partial charge in [0.1, 0.15) is 29.6 Å². The van der Waals surface area contributed by atoms with E-state index >= 15 is 0 Å². The summed E-state index contributed by atoms with van der Waals surface area (Å²) < 4.78 is 40.8. The second-order valence-electron chi connectivity index (χ2n) is 8.77. The third kappa shape index (κ3) is 5.72. The van der Waals surface area contributed by atoms with Crippen molar-refractivity contribution in [2.45, 2.75) is 19.3 Å². The van der Waals surface area contributed by atoms with Crippen molar-refractivity contribution in [3.63, 3.8) is 0 Å². The molecule has 4 aromatic carbocycles. The van der Waals surface area contributed by atoms with Crippen molar-refractivity contribution in [2.24, 2.45) is 0 Å². The SMILES string of the molecule is Cl.Oc1ccc2c(Oc3ccc(OCCN4CCCCC4)cc3)c(-c3cccc(F)c3F)ccc2c1. The van der Waals surface area contributed by atoms with Crippen LogP contribution in [-0.4, -0.2) is 36.2 Å². The number of fused-ring (bicyclic) bond motifs is 1. The molecular weight excluding hydrogens is 484 g/mol. The van der Waals surface area contributed by atoms with Crippen molar-refractivity contribution in [1.82, 2.24) is 4.90 Å². The number of piperidine rings is 1. The van der Waals surface area contributed by atoms with Crippen LogP contribution in [0.1, 0.15) is 19.3 Å². The molecule has 0 saturated carbocycles. The van der Waals surface area contributed by atoms with Crippen LogP contribution in [0.15, 0.2) is 72.8 Å². The van der Waals surface area contributed by atoms with E-state index in [2.05, 4.69) is 4.90 Å². The Kier molecular flexibility index (Phi) is 8.28. The molecule has 0 radical (unpaired) electrons. The first kappa shape index (κ1) is 25.7. The molecule has 1 fully saturated rings. The number of aromatic hydroxyl groups is 1. The van der Waals surface area contributed by atoms with Crippen LogP contribution in [0.3, 0.4) is 0 Å². The van der Waals surface area contributed by atoms with Gasteiger partial charge in [-0.15, -0.1) is 12.4 Å². The van der Waals surface area contributed by atoms with Crippen LogP contribution in [0.25, 0.3) is 21.9 Å². The molecule has 4 aromatic rings. The van der Waals surface area contributed by atoms with E-state index in [1.165, 1.54) is 31.4 Å². The average Bonchev–Trinajstić information content (AvgIpc) is 2.88. The minimum Gasteiger partial charge on any atom is -0.508 e. The largest absolute Gasteiger partial charge is 0.508 e. The normalized spacial score (nSPS) is 13.8. The summed E-state index contributed by atoms with van der Waals surface area (Å²) in [4.78, 5) is 2.42. The number of phenolic OH excluding ortho intramolecular Hbond substituents is 1. The number of ether oxygens (including phenoxy) is 2. The zero-order valence-electron chi connectivity index (χ0n) is 19.8. The molecule has 188 valence electrons. The topological polar surface area (TPSA) is 41.9 Å². The average molecular weight is 512 g/mol. The predicted octanol–water partition coefficient (Wildman–Crippen LogP) is 7.57. The molecule has 0 atom stereocenters. The zero-order chi connectivity index (χ0) is 24.2. The van der Waals surface area contributed by atoms with Gasteiger partial charge >= 0.3 is 0 Å². The molecule has 1 saturated heterocycles. The number of benzene rings is 4. The Balaban J connectivity index is 0.00000304. The van der Waals surface area contributed by atoms with Crippen LogP contribution >= 0.6 is 12.4 Å². The number of nitrogens with zero attached hydrogens (tertiary/aromatic N) is 1. The Bertz CT molecular complexity index is 1320. The van der Waals surface area contributed by atoms with Gasteiger partial charge in [0.25, 0.3) is 0 Å². The van der Waals surface area contributed by atoms with Crippen molar-refractivity contribution in [3.05, 3.63) is 84.4 Å². The van der Waals surface area contributed by atoms with Gasteiger partial charge in [0, 0.05) is 23.1 Å². The maximum atomic E-state index is 14.7. The van der Waals surface area contributed by atoms with Gasteiger partial charge in [-0.25, -0.2) is 8.78 Å². The first-order valence-corrected chi connectivity index (χ1v) is 11.9.